The van der Waals surface area contributed by atoms with E-state index in [9.17, 15) is 9.59 Å². The number of carbonyl (C=O) groups excluding carboxylic acids is 2. The molecule has 1 amide bonds. The van der Waals surface area contributed by atoms with Crippen molar-refractivity contribution in [2.24, 2.45) is 0 Å². The zero-order valence-electron chi connectivity index (χ0n) is 9.69. The van der Waals surface area contributed by atoms with E-state index in [1.165, 1.54) is 0 Å². The van der Waals surface area contributed by atoms with E-state index in [0.29, 0.717) is 12.0 Å². The maximum Gasteiger partial charge on any atom is 0.252 e. The summed E-state index contributed by atoms with van der Waals surface area (Å²) in [4.78, 5) is 22.6. The third kappa shape index (κ3) is 3.19. The van der Waals surface area contributed by atoms with Crippen LogP contribution in [0.25, 0.3) is 0 Å². The number of hydrogen-bond acceptors (Lipinski definition) is 2. The third-order valence-electron chi connectivity index (χ3n) is 2.47. The van der Waals surface area contributed by atoms with Crippen LogP contribution in [0.3, 0.4) is 0 Å². The van der Waals surface area contributed by atoms with Gasteiger partial charge in [-0.15, -0.1) is 0 Å². The molecule has 1 aromatic carbocycles. The normalized spacial score (nSPS) is 11.9. The highest BCUT2D eigenvalue weighted by atomic mass is 16.2. The second-order valence-corrected chi connectivity index (χ2v) is 3.82. The molecule has 0 aromatic heterocycles. The van der Waals surface area contributed by atoms with Gasteiger partial charge in [-0.25, -0.2) is 0 Å². The molecule has 0 aliphatic carbocycles. The minimum Gasteiger partial charge on any atom is -0.343 e. The van der Waals surface area contributed by atoms with E-state index in [0.717, 1.165) is 18.3 Å². The first kappa shape index (κ1) is 12.4. The minimum absolute atomic E-state index is 0.177. The Morgan fingerprint density at radius 3 is 2.69 bits per heavy atom. The van der Waals surface area contributed by atoms with Gasteiger partial charge in [-0.2, -0.15) is 0 Å². The maximum absolute atomic E-state index is 11.8. The zero-order valence-corrected chi connectivity index (χ0v) is 9.69. The molecule has 0 saturated carbocycles. The standard InChI is InChI=1S/C13H17NO2/c1-3-6-11(9-15)14-13(16)12-8-5-4-7-10(12)2/h4-5,7-9,11H,3,6H2,1-2H3,(H,14,16). The van der Waals surface area contributed by atoms with Crippen LogP contribution in [0.5, 0.6) is 0 Å². The van der Waals surface area contributed by atoms with Crippen molar-refractivity contribution in [2.45, 2.75) is 32.7 Å². The summed E-state index contributed by atoms with van der Waals surface area (Å²) < 4.78 is 0. The Balaban J connectivity index is 2.72. The van der Waals surface area contributed by atoms with Gasteiger partial charge in [0.05, 0.1) is 6.04 Å². The molecule has 0 spiro atoms. The molecular weight excluding hydrogens is 202 g/mol. The van der Waals surface area contributed by atoms with E-state index in [1.54, 1.807) is 6.07 Å². The maximum atomic E-state index is 11.8. The van der Waals surface area contributed by atoms with Gasteiger partial charge in [0.1, 0.15) is 6.29 Å². The summed E-state index contributed by atoms with van der Waals surface area (Å²) in [6.07, 6.45) is 2.35. The lowest BCUT2D eigenvalue weighted by molar-refractivity contribution is -0.109. The van der Waals surface area contributed by atoms with Crippen LogP contribution in [-0.4, -0.2) is 18.2 Å². The molecule has 3 nitrogen and oxygen atoms in total. The lowest BCUT2D eigenvalue weighted by atomic mass is 10.1. The molecule has 0 fully saturated rings. The van der Waals surface area contributed by atoms with Gasteiger partial charge >= 0.3 is 0 Å². The number of rotatable bonds is 5. The predicted octanol–water partition coefficient (Wildman–Crippen LogP) is 2.09. The van der Waals surface area contributed by atoms with Gasteiger partial charge in [0.15, 0.2) is 0 Å². The second kappa shape index (κ2) is 6.05. The van der Waals surface area contributed by atoms with Gasteiger partial charge in [-0.05, 0) is 25.0 Å². The van der Waals surface area contributed by atoms with Crippen molar-refractivity contribution in [3.05, 3.63) is 35.4 Å². The summed E-state index contributed by atoms with van der Waals surface area (Å²) in [7, 11) is 0. The minimum atomic E-state index is -0.378. The highest BCUT2D eigenvalue weighted by Crippen LogP contribution is 2.07. The Morgan fingerprint density at radius 1 is 1.44 bits per heavy atom. The van der Waals surface area contributed by atoms with Crippen molar-refractivity contribution in [1.29, 1.82) is 0 Å². The number of amides is 1. The average Bonchev–Trinajstić information content (AvgIpc) is 2.28. The molecule has 0 radical (unpaired) electrons. The van der Waals surface area contributed by atoms with Crippen molar-refractivity contribution < 1.29 is 9.59 Å². The van der Waals surface area contributed by atoms with Gasteiger partial charge < -0.3 is 10.1 Å². The first-order valence-electron chi connectivity index (χ1n) is 5.50. The molecule has 1 rings (SSSR count). The van der Waals surface area contributed by atoms with Gasteiger partial charge in [0, 0.05) is 5.56 Å². The average molecular weight is 219 g/mol. The summed E-state index contributed by atoms with van der Waals surface area (Å²) in [6, 6.07) is 6.97. The summed E-state index contributed by atoms with van der Waals surface area (Å²) in [5.41, 5.74) is 1.55. The van der Waals surface area contributed by atoms with Crippen LogP contribution in [0, 0.1) is 6.92 Å². The number of hydrogen-bond donors (Lipinski definition) is 1. The largest absolute Gasteiger partial charge is 0.343 e. The number of benzene rings is 1. The number of carbonyl (C=O) groups is 2. The molecule has 1 atom stereocenters. The zero-order chi connectivity index (χ0) is 12.0. The summed E-state index contributed by atoms with van der Waals surface area (Å²) in [6.45, 7) is 3.86. The van der Waals surface area contributed by atoms with Crippen molar-refractivity contribution >= 4 is 12.2 Å². The molecule has 0 heterocycles. The van der Waals surface area contributed by atoms with Crippen molar-refractivity contribution in [2.75, 3.05) is 0 Å². The van der Waals surface area contributed by atoms with Crippen molar-refractivity contribution in [3.8, 4) is 0 Å². The van der Waals surface area contributed by atoms with Crippen LogP contribution in [0.4, 0.5) is 0 Å². The molecule has 86 valence electrons. The van der Waals surface area contributed by atoms with Crippen LogP contribution >= 0.6 is 0 Å². The fourth-order valence-corrected chi connectivity index (χ4v) is 1.56. The smallest absolute Gasteiger partial charge is 0.252 e. The molecule has 16 heavy (non-hydrogen) atoms. The van der Waals surface area contributed by atoms with Crippen LogP contribution in [-0.2, 0) is 4.79 Å². The Morgan fingerprint density at radius 2 is 2.12 bits per heavy atom. The molecule has 3 heteroatoms. The fourth-order valence-electron chi connectivity index (χ4n) is 1.56. The van der Waals surface area contributed by atoms with E-state index in [2.05, 4.69) is 5.32 Å². The van der Waals surface area contributed by atoms with Crippen molar-refractivity contribution in [3.63, 3.8) is 0 Å². The number of aryl methyl sites for hydroxylation is 1. The molecule has 1 unspecified atom stereocenters. The van der Waals surface area contributed by atoms with Crippen LogP contribution in [0.15, 0.2) is 24.3 Å². The van der Waals surface area contributed by atoms with E-state index < -0.39 is 0 Å². The van der Waals surface area contributed by atoms with Gasteiger partial charge in [-0.1, -0.05) is 31.5 Å². The summed E-state index contributed by atoms with van der Waals surface area (Å²) >= 11 is 0. The van der Waals surface area contributed by atoms with Gasteiger partial charge in [0.2, 0.25) is 0 Å². The van der Waals surface area contributed by atoms with Crippen LogP contribution in [0.1, 0.15) is 35.7 Å². The predicted molar refractivity (Wildman–Crippen MR) is 63.4 cm³/mol. The quantitative estimate of drug-likeness (QED) is 0.771. The topological polar surface area (TPSA) is 46.2 Å². The molecule has 0 aliphatic heterocycles. The van der Waals surface area contributed by atoms with Crippen LogP contribution in [0.2, 0.25) is 0 Å². The summed E-state index contributed by atoms with van der Waals surface area (Å²) in [5.74, 6) is -0.177. The SMILES string of the molecule is CCCC(C=O)NC(=O)c1ccccc1C. The monoisotopic (exact) mass is 219 g/mol. The first-order valence-corrected chi connectivity index (χ1v) is 5.50. The highest BCUT2D eigenvalue weighted by molar-refractivity contribution is 5.96. The van der Waals surface area contributed by atoms with Gasteiger partial charge in [0.25, 0.3) is 5.91 Å². The van der Waals surface area contributed by atoms with Crippen molar-refractivity contribution in [1.82, 2.24) is 5.32 Å². The summed E-state index contributed by atoms with van der Waals surface area (Å²) in [5, 5.41) is 2.72. The third-order valence-corrected chi connectivity index (χ3v) is 2.47. The van der Waals surface area contributed by atoms with E-state index >= 15 is 0 Å². The first-order chi connectivity index (χ1) is 7.69. The van der Waals surface area contributed by atoms with E-state index in [-0.39, 0.29) is 11.9 Å². The Kier molecular flexibility index (Phi) is 4.70. The second-order valence-electron chi connectivity index (χ2n) is 3.82. The molecule has 1 N–H and O–H groups in total. The number of nitrogens with one attached hydrogen (secondary N) is 1. The van der Waals surface area contributed by atoms with E-state index in [1.807, 2.05) is 32.0 Å². The highest BCUT2D eigenvalue weighted by Gasteiger charge is 2.13. The Labute approximate surface area is 95.9 Å². The Hall–Kier alpha value is -1.64. The molecular formula is C13H17NO2. The van der Waals surface area contributed by atoms with Crippen LogP contribution < -0.4 is 5.32 Å². The lowest BCUT2D eigenvalue weighted by Gasteiger charge is -2.12. The fraction of sp³-hybridized carbons (Fsp3) is 0.385. The Bertz CT molecular complexity index is 374. The lowest BCUT2D eigenvalue weighted by Crippen LogP contribution is -2.36. The molecule has 1 aromatic rings. The molecule has 0 bridgehead atoms. The van der Waals surface area contributed by atoms with Gasteiger partial charge in [-0.3, -0.25) is 4.79 Å². The molecule has 0 aliphatic rings. The number of aldehydes is 1. The molecule has 0 saturated heterocycles. The van der Waals surface area contributed by atoms with E-state index in [4.69, 9.17) is 0 Å².